The fraction of sp³-hybridized carbons (Fsp3) is 0.280. The molecule has 0 fully saturated rings. The van der Waals surface area contributed by atoms with Crippen molar-refractivity contribution in [1.82, 2.24) is 9.97 Å². The third-order valence-electron chi connectivity index (χ3n) is 5.99. The molecule has 2 aliphatic heterocycles. The van der Waals surface area contributed by atoms with Crippen molar-refractivity contribution in [2.45, 2.75) is 38.7 Å². The average Bonchev–Trinajstić information content (AvgIpc) is 2.87. The summed E-state index contributed by atoms with van der Waals surface area (Å²) in [6.45, 7) is 3.91. The summed E-state index contributed by atoms with van der Waals surface area (Å²) in [6, 6.07) is 15.7. The number of carbonyl (C=O) groups excluding carboxylic acids is 1. The molecule has 194 valence electrons. The van der Waals surface area contributed by atoms with Gasteiger partial charge in [-0.2, -0.15) is 13.2 Å². The monoisotopic (exact) mass is 533 g/mol. The molecule has 2 aliphatic rings. The maximum absolute atomic E-state index is 13.2. The van der Waals surface area contributed by atoms with Crippen LogP contribution in [-0.4, -0.2) is 45.7 Å². The summed E-state index contributed by atoms with van der Waals surface area (Å²) in [5, 5.41) is 11.0. The van der Waals surface area contributed by atoms with Crippen LogP contribution in [0.3, 0.4) is 0 Å². The van der Waals surface area contributed by atoms with Gasteiger partial charge in [0.1, 0.15) is 18.1 Å². The van der Waals surface area contributed by atoms with Gasteiger partial charge in [0.25, 0.3) is 0 Å². The first kappa shape index (κ1) is 26.2. The standard InChI is InChI=1S/C23H22ClN5O.C2HF3O2/c1-15-23(30)29(12-16-6-8-19(24)9-7-16)20-21(27-15)25-14-26-22(20)28-11-10-17-4-2-3-5-18(17)13-28;3-2(4,5)1(6)7/h2-9,14-15H,10-13H2,1H3,(H,25,26,27);(H,6,7). The minimum absolute atomic E-state index is 0.00547. The molecule has 1 amide bonds. The number of hydrogen-bond donors (Lipinski definition) is 2. The van der Waals surface area contributed by atoms with E-state index in [2.05, 4.69) is 44.5 Å². The lowest BCUT2D eigenvalue weighted by molar-refractivity contribution is -0.192. The van der Waals surface area contributed by atoms with E-state index in [0.717, 1.165) is 36.6 Å². The first-order chi connectivity index (χ1) is 17.5. The van der Waals surface area contributed by atoms with Crippen molar-refractivity contribution in [3.8, 4) is 0 Å². The van der Waals surface area contributed by atoms with Crippen LogP contribution < -0.4 is 15.1 Å². The van der Waals surface area contributed by atoms with Crippen molar-refractivity contribution in [1.29, 1.82) is 0 Å². The van der Waals surface area contributed by atoms with Crippen molar-refractivity contribution >= 4 is 40.8 Å². The van der Waals surface area contributed by atoms with Crippen LogP contribution in [0.5, 0.6) is 0 Å². The number of alkyl halides is 3. The molecule has 0 bridgehead atoms. The molecule has 37 heavy (non-hydrogen) atoms. The van der Waals surface area contributed by atoms with Gasteiger partial charge < -0.3 is 15.3 Å². The Kier molecular flexibility index (Phi) is 7.53. The lowest BCUT2D eigenvalue weighted by Gasteiger charge is -2.38. The Bertz CT molecular complexity index is 1300. The van der Waals surface area contributed by atoms with Gasteiger partial charge in [-0.05, 0) is 42.2 Å². The van der Waals surface area contributed by atoms with Crippen molar-refractivity contribution in [2.75, 3.05) is 21.7 Å². The highest BCUT2D eigenvalue weighted by molar-refractivity contribution is 6.30. The Morgan fingerprint density at radius 2 is 1.78 bits per heavy atom. The van der Waals surface area contributed by atoms with E-state index in [4.69, 9.17) is 21.5 Å². The van der Waals surface area contributed by atoms with Gasteiger partial charge in [0, 0.05) is 18.1 Å². The number of aromatic nitrogens is 2. The molecule has 5 rings (SSSR count). The molecule has 3 aromatic rings. The Balaban J connectivity index is 0.000000405. The highest BCUT2D eigenvalue weighted by atomic mass is 35.5. The van der Waals surface area contributed by atoms with Crippen LogP contribution in [-0.2, 0) is 29.1 Å². The minimum atomic E-state index is -5.08. The van der Waals surface area contributed by atoms with Crippen LogP contribution in [0, 0.1) is 0 Å². The number of fused-ring (bicyclic) bond motifs is 2. The molecule has 12 heteroatoms. The van der Waals surface area contributed by atoms with E-state index < -0.39 is 12.1 Å². The number of rotatable bonds is 3. The van der Waals surface area contributed by atoms with Crippen LogP contribution in [0.15, 0.2) is 54.9 Å². The zero-order valence-corrected chi connectivity index (χ0v) is 20.4. The number of benzene rings is 2. The molecule has 2 aromatic carbocycles. The predicted octanol–water partition coefficient (Wildman–Crippen LogP) is 4.67. The lowest BCUT2D eigenvalue weighted by atomic mass is 9.99. The van der Waals surface area contributed by atoms with E-state index in [1.165, 1.54) is 11.1 Å². The van der Waals surface area contributed by atoms with E-state index in [-0.39, 0.29) is 11.9 Å². The maximum atomic E-state index is 13.2. The van der Waals surface area contributed by atoms with Crippen molar-refractivity contribution < 1.29 is 27.9 Å². The van der Waals surface area contributed by atoms with Gasteiger partial charge in [0.15, 0.2) is 11.6 Å². The Hall–Kier alpha value is -3.86. The first-order valence-electron chi connectivity index (χ1n) is 11.3. The molecule has 0 aliphatic carbocycles. The van der Waals surface area contributed by atoms with Crippen LogP contribution in [0.1, 0.15) is 23.6 Å². The van der Waals surface area contributed by atoms with E-state index in [0.29, 0.717) is 17.4 Å². The lowest BCUT2D eigenvalue weighted by Crippen LogP contribution is -2.47. The van der Waals surface area contributed by atoms with Crippen LogP contribution >= 0.6 is 11.6 Å². The molecule has 0 saturated heterocycles. The van der Waals surface area contributed by atoms with Crippen LogP contribution in [0.4, 0.5) is 30.5 Å². The zero-order valence-electron chi connectivity index (χ0n) is 19.7. The molecule has 1 atom stereocenters. The Morgan fingerprint density at radius 1 is 1.14 bits per heavy atom. The summed E-state index contributed by atoms with van der Waals surface area (Å²) in [6.07, 6.45) is -2.56. The van der Waals surface area contributed by atoms with Gasteiger partial charge >= 0.3 is 12.1 Å². The number of anilines is 3. The normalized spacial score (nSPS) is 16.7. The predicted molar refractivity (Wildman–Crippen MR) is 133 cm³/mol. The van der Waals surface area contributed by atoms with E-state index in [1.54, 1.807) is 11.2 Å². The fourth-order valence-electron chi connectivity index (χ4n) is 4.17. The highest BCUT2D eigenvalue weighted by Gasteiger charge is 2.38. The van der Waals surface area contributed by atoms with Gasteiger partial charge in [-0.25, -0.2) is 14.8 Å². The zero-order chi connectivity index (χ0) is 26.7. The topological polar surface area (TPSA) is 98.7 Å². The molecule has 2 N–H and O–H groups in total. The quantitative estimate of drug-likeness (QED) is 0.504. The van der Waals surface area contributed by atoms with Gasteiger partial charge in [-0.15, -0.1) is 0 Å². The Labute approximate surface area is 215 Å². The first-order valence-corrected chi connectivity index (χ1v) is 11.7. The number of nitrogens with one attached hydrogen (secondary N) is 1. The molecule has 8 nitrogen and oxygen atoms in total. The van der Waals surface area contributed by atoms with Crippen LogP contribution in [0.2, 0.25) is 5.02 Å². The van der Waals surface area contributed by atoms with E-state index in [9.17, 15) is 18.0 Å². The summed E-state index contributed by atoms with van der Waals surface area (Å²) in [4.78, 5) is 35.2. The average molecular weight is 534 g/mol. The van der Waals surface area contributed by atoms with Gasteiger partial charge in [0.05, 0.1) is 6.54 Å². The Morgan fingerprint density at radius 3 is 2.43 bits per heavy atom. The van der Waals surface area contributed by atoms with Gasteiger partial charge in [-0.3, -0.25) is 9.69 Å². The summed E-state index contributed by atoms with van der Waals surface area (Å²) < 4.78 is 31.7. The van der Waals surface area contributed by atoms with E-state index >= 15 is 0 Å². The highest BCUT2D eigenvalue weighted by Crippen LogP contribution is 2.39. The third kappa shape index (κ3) is 5.93. The molecular formula is C25H23ClF3N5O3. The van der Waals surface area contributed by atoms with Gasteiger partial charge in [0.2, 0.25) is 5.91 Å². The largest absolute Gasteiger partial charge is 0.490 e. The van der Waals surface area contributed by atoms with Crippen molar-refractivity contribution in [2.24, 2.45) is 0 Å². The van der Waals surface area contributed by atoms with E-state index in [1.807, 2.05) is 31.2 Å². The summed E-state index contributed by atoms with van der Waals surface area (Å²) in [5.41, 5.74) is 4.42. The minimum Gasteiger partial charge on any atom is -0.475 e. The maximum Gasteiger partial charge on any atom is 0.490 e. The molecule has 1 unspecified atom stereocenters. The molecule has 3 heterocycles. The summed E-state index contributed by atoms with van der Waals surface area (Å²) in [7, 11) is 0. The number of carbonyl (C=O) groups is 2. The fourth-order valence-corrected chi connectivity index (χ4v) is 4.30. The summed E-state index contributed by atoms with van der Waals surface area (Å²) >= 11 is 6.04. The second-order valence-electron chi connectivity index (χ2n) is 8.55. The third-order valence-corrected chi connectivity index (χ3v) is 6.24. The number of amides is 1. The number of nitrogens with zero attached hydrogens (tertiary/aromatic N) is 4. The number of halogens is 4. The molecule has 0 radical (unpaired) electrons. The van der Waals surface area contributed by atoms with Crippen LogP contribution in [0.25, 0.3) is 0 Å². The smallest absolute Gasteiger partial charge is 0.475 e. The number of hydrogen-bond acceptors (Lipinski definition) is 6. The van der Waals surface area contributed by atoms with Crippen molar-refractivity contribution in [3.05, 3.63) is 76.6 Å². The number of carboxylic acid groups (broad SMARTS) is 1. The van der Waals surface area contributed by atoms with Gasteiger partial charge in [-0.1, -0.05) is 48.0 Å². The second kappa shape index (κ2) is 10.6. The SMILES string of the molecule is CC1Nc2ncnc(N3CCc4ccccc4C3)c2N(Cc2ccc(Cl)cc2)C1=O.O=C(O)C(F)(F)F. The molecule has 0 saturated carbocycles. The number of carboxylic acids is 1. The molecule has 0 spiro atoms. The number of aliphatic carboxylic acids is 1. The van der Waals surface area contributed by atoms with Crippen molar-refractivity contribution in [3.63, 3.8) is 0 Å². The molecule has 1 aromatic heterocycles. The molecular weight excluding hydrogens is 511 g/mol. The summed E-state index contributed by atoms with van der Waals surface area (Å²) in [5.74, 6) is -1.27. The second-order valence-corrected chi connectivity index (χ2v) is 8.99.